The first kappa shape index (κ1) is 102. The molecule has 6 aromatic rings. The second kappa shape index (κ2) is 47.9. The Balaban J connectivity index is 0.00000124. The van der Waals surface area contributed by atoms with E-state index in [1.54, 1.807) is 16.9 Å². The second-order valence-corrected chi connectivity index (χ2v) is 40.6. The number of ether oxygens (including phenoxy) is 6. The van der Waals surface area contributed by atoms with Gasteiger partial charge in [0, 0.05) is 27.7 Å². The van der Waals surface area contributed by atoms with Crippen LogP contribution in [0.25, 0.3) is 5.76 Å². The molecule has 0 aliphatic carbocycles. The summed E-state index contributed by atoms with van der Waals surface area (Å²) in [6, 6.07) is 6.82. The number of carboxylic acid groups (broad SMARTS) is 1. The largest absolute Gasteiger partial charge is 0.476 e. The van der Waals surface area contributed by atoms with E-state index in [1.165, 1.54) is 85.0 Å². The van der Waals surface area contributed by atoms with Crippen LogP contribution in [0.5, 0.6) is 0 Å². The Hall–Kier alpha value is -6.16. The summed E-state index contributed by atoms with van der Waals surface area (Å²) in [7, 11) is 5.82. The van der Waals surface area contributed by atoms with Gasteiger partial charge in [0.2, 0.25) is 0 Å². The maximum absolute atomic E-state index is 13.0. The Kier molecular flexibility index (Phi) is 45.2. The number of carbonyl (C=O) groups is 7. The van der Waals surface area contributed by atoms with E-state index in [4.69, 9.17) is 149 Å². The molecule has 0 atom stereocenters. The zero-order valence-electron chi connectivity index (χ0n) is 60.5. The number of allylic oxidation sites excluding steroid dienone is 1. The third-order valence-corrected chi connectivity index (χ3v) is 34.4. The summed E-state index contributed by atoms with van der Waals surface area (Å²) in [5, 5.41) is 8.34. The average Bonchev–Trinajstić information content (AvgIpc) is 0.812. The third-order valence-electron chi connectivity index (χ3n) is 13.9. The molecule has 0 saturated carbocycles. The van der Waals surface area contributed by atoms with Gasteiger partial charge in [0.15, 0.2) is 39.9 Å². The predicted octanol–water partition coefficient (Wildman–Crippen LogP) is 22.0. The Bertz CT molecular complexity index is 4080. The number of carbonyl (C=O) groups excluding carboxylic acids is 6. The molecule has 40 heteroatoms. The van der Waals surface area contributed by atoms with Crippen molar-refractivity contribution in [2.75, 3.05) is 53.6 Å². The molecule has 0 aliphatic heterocycles. The molecule has 0 unspecified atom stereocenters. The van der Waals surface area contributed by atoms with Gasteiger partial charge in [0.05, 0.1) is 104 Å². The number of methoxy groups -OCH3 is 5. The first-order valence-electron chi connectivity index (χ1n) is 31.2. The van der Waals surface area contributed by atoms with E-state index in [2.05, 4.69) is 94.4 Å². The molecule has 596 valence electrons. The van der Waals surface area contributed by atoms with E-state index >= 15 is 0 Å². The van der Waals surface area contributed by atoms with Crippen LogP contribution in [-0.2, 0) is 46.2 Å². The van der Waals surface area contributed by atoms with Crippen molar-refractivity contribution in [3.05, 3.63) is 171 Å². The molecule has 0 spiro atoms. The van der Waals surface area contributed by atoms with Crippen LogP contribution in [0.4, 0.5) is 37.7 Å². The minimum atomic E-state index is -3.26. The zero-order valence-corrected chi connectivity index (χ0v) is 71.6. The van der Waals surface area contributed by atoms with E-state index < -0.39 is 106 Å². The van der Waals surface area contributed by atoms with Crippen LogP contribution < -0.4 is 11.5 Å². The van der Waals surface area contributed by atoms with Crippen LogP contribution in [0.2, 0.25) is 68.7 Å². The van der Waals surface area contributed by atoms with Gasteiger partial charge in [-0.05, 0) is 43.3 Å². The Morgan fingerprint density at radius 3 is 1.02 bits per heavy atom. The van der Waals surface area contributed by atoms with E-state index in [9.17, 15) is 59.9 Å². The molecular formula is C68H77Cl11F6N8O14Sn. The van der Waals surface area contributed by atoms with Crippen LogP contribution in [0.15, 0.2) is 53.1 Å². The summed E-state index contributed by atoms with van der Waals surface area (Å²) >= 11 is 60.6. The van der Waals surface area contributed by atoms with Gasteiger partial charge < -0.3 is 45.0 Å². The Labute approximate surface area is 679 Å². The summed E-state index contributed by atoms with van der Waals surface area (Å²) in [6.45, 7) is 22.8. The Morgan fingerprint density at radius 2 is 0.713 bits per heavy atom. The number of unbranched alkanes of at least 4 members (excludes halogenated alkanes) is 3. The standard InChI is InChI=1S/C11H11Cl2NO3.C9H7Cl2F2NO2.C9H7Cl2NO3.C9H9ClF2N2O2.C8H7ClF2N2O2.C7H4Cl3NO2.3C4H9.C3H5.Sn/c1-4-17-6(2)8-5-7(12)9(13)10(14-8)11(15)16-3;1-9(12,13)5-3-4(10)6(11)7(14-5)8(15)16-2;1-4(13)6-3-5(10)7(11)8(12-6)9(14)15-2;1-9(11,12)5-3-4(13)6(10)7(14-5)8(15)16-2;1-8(10,11)4-2-3(12)5(9)6(13-4)7(14)15;1-13-7(12)6-5(10)3(8)2-4(9)11-6;3*1-3-4-2;1-3-2;/h5H,2,4H2,1,3H3;3H,1-2H3;3H,1-2H3;3H,1-2H3,(H2,13,14);2H,1H3,(H2,12,13)(H,14,15);2H,1H3;3*1,3-4H2,2H3;1H2,2H3;. The number of ketones is 1. The zero-order chi connectivity index (χ0) is 83.9. The number of hydrogen-bond acceptors (Lipinski definition) is 21. The van der Waals surface area contributed by atoms with Crippen molar-refractivity contribution in [1.29, 1.82) is 0 Å². The van der Waals surface area contributed by atoms with E-state index in [1.807, 2.05) is 6.92 Å². The van der Waals surface area contributed by atoms with Gasteiger partial charge in [-0.2, -0.15) is 26.3 Å². The number of carboxylic acids is 1. The Morgan fingerprint density at radius 1 is 0.435 bits per heavy atom. The summed E-state index contributed by atoms with van der Waals surface area (Å²) in [6.07, 6.45) is 8.46. The number of aromatic carboxylic acids is 1. The van der Waals surface area contributed by atoms with E-state index in [0.717, 1.165) is 32.4 Å². The van der Waals surface area contributed by atoms with Crippen molar-refractivity contribution in [1.82, 2.24) is 29.9 Å². The number of pyridine rings is 6. The average molecular weight is 1850 g/mol. The number of halogens is 17. The molecule has 0 fully saturated rings. The number of aromatic nitrogens is 6. The molecule has 108 heavy (non-hydrogen) atoms. The SMILES string of the molecule is C=C(OCC)c1cc(Cl)c(Cl)c(C(=O)OC)n1.C=[C](C)[Sn]([CH2]CCC)([CH2]CCC)[CH2]CCC.CC(F)(F)c1cc(N)c(Cl)c(C(=O)O)n1.COC(=O)c1nc(C(C)(F)F)cc(Cl)c1Cl.COC(=O)c1nc(C(C)(F)F)cc(N)c1Cl.COC(=O)c1nc(C(C)=O)cc(Cl)c1Cl.COC(=O)c1nc(Cl)cc(Cl)c1Cl. The van der Waals surface area contributed by atoms with Crippen molar-refractivity contribution in [3.63, 3.8) is 0 Å². The molecule has 0 amide bonds. The molecule has 0 aromatic carbocycles. The smallest absolute Gasteiger partial charge is 0.358 e. The van der Waals surface area contributed by atoms with Gasteiger partial charge >= 0.3 is 144 Å². The van der Waals surface area contributed by atoms with Crippen LogP contribution in [0.1, 0.15) is 197 Å². The van der Waals surface area contributed by atoms with Gasteiger partial charge in [-0.25, -0.2) is 58.7 Å². The van der Waals surface area contributed by atoms with Crippen LogP contribution in [0, 0.1) is 0 Å². The van der Waals surface area contributed by atoms with Gasteiger partial charge in [0.1, 0.15) is 39.4 Å². The number of hydrogen-bond donors (Lipinski definition) is 3. The van der Waals surface area contributed by atoms with Gasteiger partial charge in [-0.1, -0.05) is 134 Å². The van der Waals surface area contributed by atoms with Crippen LogP contribution >= 0.6 is 128 Å². The van der Waals surface area contributed by atoms with Crippen molar-refractivity contribution >= 4 is 205 Å². The number of esters is 5. The normalized spacial score (nSPS) is 10.8. The quantitative estimate of drug-likeness (QED) is 0.0102. The number of anilines is 2. The molecule has 0 radical (unpaired) electrons. The van der Waals surface area contributed by atoms with Gasteiger partial charge in [0.25, 0.3) is 17.8 Å². The monoisotopic (exact) mass is 1850 g/mol. The number of nitrogen functional groups attached to an aromatic ring is 2. The van der Waals surface area contributed by atoms with Gasteiger partial charge in [-0.3, -0.25) is 4.79 Å². The molecule has 0 saturated heterocycles. The van der Waals surface area contributed by atoms with Crippen molar-refractivity contribution in [2.24, 2.45) is 0 Å². The fraction of sp³-hybridized carbons (Fsp3) is 0.397. The summed E-state index contributed by atoms with van der Waals surface area (Å²) in [4.78, 5) is 99.3. The maximum atomic E-state index is 13.0. The topological polar surface area (TPSA) is 324 Å². The fourth-order valence-corrected chi connectivity index (χ4v) is 24.9. The summed E-state index contributed by atoms with van der Waals surface area (Å²) in [5.41, 5.74) is 6.93. The number of Topliss-reactive ketones (excluding diaryl/α,β-unsaturated/α-hetero) is 1. The molecule has 0 bridgehead atoms. The summed E-state index contributed by atoms with van der Waals surface area (Å²) in [5.74, 6) is -15.1. The minimum Gasteiger partial charge on any atom is -0.476 e. The number of nitrogens with two attached hydrogens (primary N) is 2. The first-order valence-corrected chi connectivity index (χ1v) is 42.9. The third kappa shape index (κ3) is 32.3. The van der Waals surface area contributed by atoms with Crippen molar-refractivity contribution < 1.29 is 93.4 Å². The van der Waals surface area contributed by atoms with Crippen LogP contribution in [0.3, 0.4) is 0 Å². The van der Waals surface area contributed by atoms with Crippen molar-refractivity contribution in [3.8, 4) is 0 Å². The van der Waals surface area contributed by atoms with Crippen LogP contribution in [-0.4, -0.2) is 137 Å². The number of rotatable bonds is 23. The number of nitrogens with zero attached hydrogens (tertiary/aromatic N) is 6. The molecule has 5 N–H and O–H groups in total. The molecule has 6 rings (SSSR count). The molecular weight excluding hydrogens is 1780 g/mol. The second-order valence-electron chi connectivity index (χ2n) is 22.3. The molecule has 6 heterocycles. The summed E-state index contributed by atoms with van der Waals surface area (Å²) < 4.78 is 111. The first-order chi connectivity index (χ1) is 49.9. The fourth-order valence-electron chi connectivity index (χ4n) is 8.17. The van der Waals surface area contributed by atoms with Gasteiger partial charge in [-0.15, -0.1) is 0 Å². The predicted molar refractivity (Wildman–Crippen MR) is 412 cm³/mol. The van der Waals surface area contributed by atoms with E-state index in [0.29, 0.717) is 38.8 Å². The van der Waals surface area contributed by atoms with Crippen molar-refractivity contribution in [2.45, 2.75) is 132 Å². The van der Waals surface area contributed by atoms with E-state index in [-0.39, 0.29) is 95.3 Å². The molecule has 6 aromatic heterocycles. The number of alkyl halides is 6. The minimum absolute atomic E-state index is 0.0199. The molecule has 22 nitrogen and oxygen atoms in total. The molecule has 0 aliphatic rings. The maximum Gasteiger partial charge on any atom is 0.358 e.